The van der Waals surface area contributed by atoms with Crippen molar-refractivity contribution in [1.29, 1.82) is 0 Å². The van der Waals surface area contributed by atoms with Crippen LogP contribution in [0.25, 0.3) is 0 Å². The summed E-state index contributed by atoms with van der Waals surface area (Å²) in [6.07, 6.45) is 1.84. The molecule has 1 aliphatic rings. The molecule has 4 N–H and O–H groups in total. The van der Waals surface area contributed by atoms with Gasteiger partial charge in [0.1, 0.15) is 17.1 Å². The number of hydrogen-bond acceptors (Lipinski definition) is 4. The monoisotopic (exact) mass is 237 g/mol. The number of carbonyl (C=O) groups is 1. The van der Waals surface area contributed by atoms with Gasteiger partial charge in [-0.05, 0) is 18.9 Å². The van der Waals surface area contributed by atoms with Gasteiger partial charge < -0.3 is 20.7 Å². The van der Waals surface area contributed by atoms with Crippen molar-refractivity contribution in [3.8, 4) is 11.5 Å². The van der Waals surface area contributed by atoms with Gasteiger partial charge in [0.25, 0.3) is 0 Å². The van der Waals surface area contributed by atoms with Crippen LogP contribution in [0.5, 0.6) is 11.5 Å². The SMILES string of the molecule is COc1cc(O)c(C(=O)O)cc1C1(CN)CC1. The lowest BCUT2D eigenvalue weighted by molar-refractivity contribution is 0.0693. The molecule has 0 atom stereocenters. The van der Waals surface area contributed by atoms with Crippen LogP contribution in [-0.2, 0) is 5.41 Å². The number of carboxylic acids is 1. The quantitative estimate of drug-likeness (QED) is 0.729. The van der Waals surface area contributed by atoms with Crippen LogP contribution in [0, 0.1) is 0 Å². The Morgan fingerprint density at radius 1 is 1.53 bits per heavy atom. The molecule has 2 rings (SSSR count). The van der Waals surface area contributed by atoms with Crippen LogP contribution >= 0.6 is 0 Å². The first-order valence-electron chi connectivity index (χ1n) is 5.39. The van der Waals surface area contributed by atoms with Crippen LogP contribution in [0.3, 0.4) is 0 Å². The Labute approximate surface area is 98.8 Å². The topological polar surface area (TPSA) is 92.8 Å². The number of methoxy groups -OCH3 is 1. The van der Waals surface area contributed by atoms with Crippen LogP contribution in [0.1, 0.15) is 28.8 Å². The zero-order chi connectivity index (χ0) is 12.6. The lowest BCUT2D eigenvalue weighted by atomic mass is 9.93. The minimum Gasteiger partial charge on any atom is -0.507 e. The minimum absolute atomic E-state index is 0.111. The van der Waals surface area contributed by atoms with Crippen LogP contribution in [0.2, 0.25) is 0 Å². The number of benzene rings is 1. The van der Waals surface area contributed by atoms with Gasteiger partial charge >= 0.3 is 5.97 Å². The van der Waals surface area contributed by atoms with E-state index in [1.165, 1.54) is 19.2 Å². The second kappa shape index (κ2) is 3.92. The molecule has 92 valence electrons. The van der Waals surface area contributed by atoms with Gasteiger partial charge in [-0.1, -0.05) is 0 Å². The summed E-state index contributed by atoms with van der Waals surface area (Å²) in [4.78, 5) is 11.0. The van der Waals surface area contributed by atoms with E-state index in [2.05, 4.69) is 0 Å². The third-order valence-corrected chi connectivity index (χ3v) is 3.36. The summed E-state index contributed by atoms with van der Waals surface area (Å²) in [7, 11) is 1.49. The molecule has 0 aliphatic heterocycles. The van der Waals surface area contributed by atoms with Crippen molar-refractivity contribution < 1.29 is 19.7 Å². The molecule has 0 radical (unpaired) electrons. The Hall–Kier alpha value is -1.75. The maximum absolute atomic E-state index is 11.0. The Bertz CT molecular complexity index is 466. The van der Waals surface area contributed by atoms with Crippen LogP contribution in [0.15, 0.2) is 12.1 Å². The van der Waals surface area contributed by atoms with Gasteiger partial charge in [0.2, 0.25) is 0 Å². The van der Waals surface area contributed by atoms with Crippen LogP contribution in [0.4, 0.5) is 0 Å². The number of ether oxygens (including phenoxy) is 1. The van der Waals surface area contributed by atoms with Gasteiger partial charge in [-0.3, -0.25) is 0 Å². The average Bonchev–Trinajstić information content (AvgIpc) is 3.09. The molecule has 1 aromatic carbocycles. The first-order valence-corrected chi connectivity index (χ1v) is 5.39. The average molecular weight is 237 g/mol. The predicted octanol–water partition coefficient (Wildman–Crippen LogP) is 1.09. The second-order valence-corrected chi connectivity index (χ2v) is 4.36. The maximum atomic E-state index is 11.0. The molecule has 0 bridgehead atoms. The first-order chi connectivity index (χ1) is 8.04. The molecule has 0 aromatic heterocycles. The Balaban J connectivity index is 2.56. The molecule has 17 heavy (non-hydrogen) atoms. The largest absolute Gasteiger partial charge is 0.507 e. The molecule has 5 nitrogen and oxygen atoms in total. The molecule has 0 unspecified atom stereocenters. The van der Waals surface area contributed by atoms with E-state index >= 15 is 0 Å². The van der Waals surface area contributed by atoms with Crippen molar-refractivity contribution in [2.24, 2.45) is 5.73 Å². The zero-order valence-corrected chi connectivity index (χ0v) is 9.56. The second-order valence-electron chi connectivity index (χ2n) is 4.36. The standard InChI is InChI=1S/C12H15NO4/c1-17-10-5-9(14)7(11(15)16)4-8(10)12(6-13)2-3-12/h4-5,14H,2-3,6,13H2,1H3,(H,15,16). The van der Waals surface area contributed by atoms with Crippen molar-refractivity contribution in [2.75, 3.05) is 13.7 Å². The van der Waals surface area contributed by atoms with Gasteiger partial charge in [-0.25, -0.2) is 4.79 Å². The van der Waals surface area contributed by atoms with Gasteiger partial charge in [0.05, 0.1) is 7.11 Å². The molecule has 0 heterocycles. The van der Waals surface area contributed by atoms with Crippen LogP contribution < -0.4 is 10.5 Å². The molecule has 5 heteroatoms. The summed E-state index contributed by atoms with van der Waals surface area (Å²) in [6.45, 7) is 0.452. The fourth-order valence-corrected chi connectivity index (χ4v) is 2.06. The lowest BCUT2D eigenvalue weighted by Crippen LogP contribution is -2.21. The van der Waals surface area contributed by atoms with E-state index in [4.69, 9.17) is 15.6 Å². The van der Waals surface area contributed by atoms with E-state index in [0.29, 0.717) is 12.3 Å². The van der Waals surface area contributed by atoms with Gasteiger partial charge in [0.15, 0.2) is 0 Å². The highest BCUT2D eigenvalue weighted by Crippen LogP contribution is 2.51. The van der Waals surface area contributed by atoms with Crippen LogP contribution in [-0.4, -0.2) is 29.8 Å². The highest BCUT2D eigenvalue weighted by atomic mass is 16.5. The summed E-state index contributed by atoms with van der Waals surface area (Å²) >= 11 is 0. The molecule has 1 aromatic rings. The van der Waals surface area contributed by atoms with E-state index in [0.717, 1.165) is 18.4 Å². The fourth-order valence-electron chi connectivity index (χ4n) is 2.06. The van der Waals surface area contributed by atoms with Crippen molar-refractivity contribution in [3.05, 3.63) is 23.3 Å². The number of aromatic hydroxyl groups is 1. The molecule has 1 aliphatic carbocycles. The third kappa shape index (κ3) is 1.82. The Morgan fingerprint density at radius 2 is 2.18 bits per heavy atom. The normalized spacial score (nSPS) is 16.6. The number of aromatic carboxylic acids is 1. The van der Waals surface area contributed by atoms with E-state index in [1.807, 2.05) is 0 Å². The molecule has 1 saturated carbocycles. The van der Waals surface area contributed by atoms with Crippen molar-refractivity contribution in [1.82, 2.24) is 0 Å². The molecule has 0 spiro atoms. The summed E-state index contributed by atoms with van der Waals surface area (Å²) in [6, 6.07) is 2.81. The number of nitrogens with two attached hydrogens (primary N) is 1. The molecular formula is C12H15NO4. The molecule has 0 amide bonds. The number of hydrogen-bond donors (Lipinski definition) is 3. The lowest BCUT2D eigenvalue weighted by Gasteiger charge is -2.18. The van der Waals surface area contributed by atoms with E-state index in [1.54, 1.807) is 0 Å². The first kappa shape index (κ1) is 11.7. The van der Waals surface area contributed by atoms with E-state index in [9.17, 15) is 9.90 Å². The number of phenols is 1. The highest BCUT2D eigenvalue weighted by molar-refractivity contribution is 5.91. The summed E-state index contributed by atoms with van der Waals surface area (Å²) < 4.78 is 5.18. The van der Waals surface area contributed by atoms with E-state index < -0.39 is 5.97 Å². The Kier molecular flexibility index (Phi) is 2.71. The van der Waals surface area contributed by atoms with Crippen molar-refractivity contribution in [3.63, 3.8) is 0 Å². The van der Waals surface area contributed by atoms with Gasteiger partial charge in [-0.15, -0.1) is 0 Å². The summed E-state index contributed by atoms with van der Waals surface area (Å²) in [5, 5.41) is 18.6. The Morgan fingerprint density at radius 3 is 2.59 bits per heavy atom. The van der Waals surface area contributed by atoms with Gasteiger partial charge in [-0.2, -0.15) is 0 Å². The van der Waals surface area contributed by atoms with Gasteiger partial charge in [0, 0.05) is 23.6 Å². The number of carboxylic acid groups (broad SMARTS) is 1. The molecular weight excluding hydrogens is 222 g/mol. The minimum atomic E-state index is -1.15. The summed E-state index contributed by atoms with van der Waals surface area (Å²) in [5.41, 5.74) is 6.21. The predicted molar refractivity (Wildman–Crippen MR) is 61.6 cm³/mol. The third-order valence-electron chi connectivity index (χ3n) is 3.36. The van der Waals surface area contributed by atoms with Crippen molar-refractivity contribution >= 4 is 5.97 Å². The summed E-state index contributed by atoms with van der Waals surface area (Å²) in [5.74, 6) is -0.944. The highest BCUT2D eigenvalue weighted by Gasteiger charge is 2.45. The zero-order valence-electron chi connectivity index (χ0n) is 9.56. The smallest absolute Gasteiger partial charge is 0.339 e. The molecule has 1 fully saturated rings. The van der Waals surface area contributed by atoms with Crippen molar-refractivity contribution in [2.45, 2.75) is 18.3 Å². The van der Waals surface area contributed by atoms with E-state index in [-0.39, 0.29) is 16.7 Å². The number of rotatable bonds is 4. The maximum Gasteiger partial charge on any atom is 0.339 e. The fraction of sp³-hybridized carbons (Fsp3) is 0.417. The molecule has 0 saturated heterocycles.